The van der Waals surface area contributed by atoms with Gasteiger partial charge in [-0.1, -0.05) is 84.9 Å². The Morgan fingerprint density at radius 2 is 0.923 bits per heavy atom. The molecule has 2 N–H and O–H groups in total. The predicted molar refractivity (Wildman–Crippen MR) is 143 cm³/mol. The number of benzene rings is 4. The number of ketones is 4. The Labute approximate surface area is 222 Å². The summed E-state index contributed by atoms with van der Waals surface area (Å²) in [6.07, 6.45) is 0. The third kappa shape index (κ3) is 3.22. The zero-order chi connectivity index (χ0) is 26.8. The van der Waals surface area contributed by atoms with E-state index in [-0.39, 0.29) is 63.7 Å². The second kappa shape index (κ2) is 8.34. The fourth-order valence-corrected chi connectivity index (χ4v) is 5.43. The molecule has 0 radical (unpaired) electrons. The molecular weight excluding hydrogens is 492 g/mol. The van der Waals surface area contributed by atoms with Gasteiger partial charge in [0.1, 0.15) is 6.67 Å². The molecule has 39 heavy (non-hydrogen) atoms. The molecule has 0 spiro atoms. The predicted octanol–water partition coefficient (Wildman–Crippen LogP) is 3.58. The van der Waals surface area contributed by atoms with Gasteiger partial charge in [-0.25, -0.2) is 15.8 Å². The van der Waals surface area contributed by atoms with Gasteiger partial charge in [0.25, 0.3) is 0 Å². The molecule has 1 heterocycles. The SMILES string of the molecule is NN1CN=C(c2cccc3c2C(=O)c2ccccc2C3=O)N=C1c1cccc2c1C(=O)c1ccccc1C2=O. The highest BCUT2D eigenvalue weighted by Crippen LogP contribution is 2.33. The van der Waals surface area contributed by atoms with Gasteiger partial charge in [0.15, 0.2) is 34.8 Å². The van der Waals surface area contributed by atoms with Gasteiger partial charge >= 0.3 is 0 Å². The number of hydrogen-bond acceptors (Lipinski definition) is 8. The third-order valence-corrected chi connectivity index (χ3v) is 7.24. The first-order valence-corrected chi connectivity index (χ1v) is 12.2. The second-order valence-corrected chi connectivity index (χ2v) is 9.39. The van der Waals surface area contributed by atoms with E-state index < -0.39 is 0 Å². The molecule has 0 atom stereocenters. The number of nitrogens with two attached hydrogens (primary N) is 1. The molecule has 1 aliphatic heterocycles. The minimum atomic E-state index is -0.301. The van der Waals surface area contributed by atoms with Crippen LogP contribution in [-0.4, -0.2) is 46.5 Å². The maximum Gasteiger partial charge on any atom is 0.195 e. The van der Waals surface area contributed by atoms with E-state index in [1.807, 2.05) is 0 Å². The molecule has 3 aliphatic rings. The fourth-order valence-electron chi connectivity index (χ4n) is 5.43. The molecule has 0 fully saturated rings. The second-order valence-electron chi connectivity index (χ2n) is 9.39. The Kier molecular flexibility index (Phi) is 4.88. The summed E-state index contributed by atoms with van der Waals surface area (Å²) in [5.74, 6) is 5.63. The summed E-state index contributed by atoms with van der Waals surface area (Å²) in [5.41, 5.74) is 3.11. The maximum atomic E-state index is 13.6. The van der Waals surface area contributed by atoms with Crippen molar-refractivity contribution in [2.24, 2.45) is 15.8 Å². The van der Waals surface area contributed by atoms with Gasteiger partial charge in [0.2, 0.25) is 0 Å². The number of amidine groups is 2. The Balaban J connectivity index is 1.38. The maximum absolute atomic E-state index is 13.6. The smallest absolute Gasteiger partial charge is 0.195 e. The van der Waals surface area contributed by atoms with E-state index in [9.17, 15) is 19.2 Å². The summed E-state index contributed by atoms with van der Waals surface area (Å²) in [6.45, 7) is -0.0149. The van der Waals surface area contributed by atoms with Crippen LogP contribution >= 0.6 is 0 Å². The van der Waals surface area contributed by atoms with Crippen molar-refractivity contribution < 1.29 is 19.2 Å². The van der Waals surface area contributed by atoms with E-state index in [1.165, 1.54) is 5.01 Å². The Morgan fingerprint density at radius 1 is 0.513 bits per heavy atom. The fraction of sp³-hybridized carbons (Fsp3) is 0.0323. The van der Waals surface area contributed by atoms with E-state index in [1.54, 1.807) is 84.9 Å². The lowest BCUT2D eigenvalue weighted by Gasteiger charge is -2.27. The van der Waals surface area contributed by atoms with Crippen molar-refractivity contribution in [1.29, 1.82) is 0 Å². The van der Waals surface area contributed by atoms with Crippen molar-refractivity contribution in [3.8, 4) is 0 Å². The number of fused-ring (bicyclic) bond motifs is 4. The average molecular weight is 511 g/mol. The summed E-state index contributed by atoms with van der Waals surface area (Å²) in [7, 11) is 0. The zero-order valence-corrected chi connectivity index (χ0v) is 20.3. The lowest BCUT2D eigenvalue weighted by atomic mass is 9.81. The number of hydrogen-bond donors (Lipinski definition) is 1. The van der Waals surface area contributed by atoms with Crippen LogP contribution in [0.2, 0.25) is 0 Å². The molecule has 186 valence electrons. The van der Waals surface area contributed by atoms with Gasteiger partial charge in [-0.15, -0.1) is 0 Å². The van der Waals surface area contributed by atoms with Gasteiger partial charge in [-0.3, -0.25) is 24.2 Å². The number of rotatable bonds is 2. The summed E-state index contributed by atoms with van der Waals surface area (Å²) in [4.78, 5) is 62.8. The summed E-state index contributed by atoms with van der Waals surface area (Å²) in [6, 6.07) is 23.4. The van der Waals surface area contributed by atoms with Crippen molar-refractivity contribution in [3.63, 3.8) is 0 Å². The highest BCUT2D eigenvalue weighted by atomic mass is 16.1. The minimum absolute atomic E-state index is 0.0149. The van der Waals surface area contributed by atoms with Crippen molar-refractivity contribution in [2.75, 3.05) is 6.67 Å². The van der Waals surface area contributed by atoms with Gasteiger partial charge in [0.05, 0.1) is 0 Å². The van der Waals surface area contributed by atoms with Gasteiger partial charge in [-0.2, -0.15) is 0 Å². The number of nitrogens with zero attached hydrogens (tertiary/aromatic N) is 3. The number of carbonyl (C=O) groups is 4. The molecule has 4 aromatic carbocycles. The van der Waals surface area contributed by atoms with Crippen LogP contribution in [0.3, 0.4) is 0 Å². The lowest BCUT2D eigenvalue weighted by Crippen LogP contribution is -2.42. The zero-order valence-electron chi connectivity index (χ0n) is 20.3. The van der Waals surface area contributed by atoms with Gasteiger partial charge in [-0.05, 0) is 0 Å². The Bertz CT molecular complexity index is 1890. The van der Waals surface area contributed by atoms with Crippen molar-refractivity contribution in [1.82, 2.24) is 5.01 Å². The molecule has 4 aromatic rings. The van der Waals surface area contributed by atoms with Crippen molar-refractivity contribution in [2.45, 2.75) is 0 Å². The summed E-state index contributed by atoms with van der Waals surface area (Å²) < 4.78 is 0. The van der Waals surface area contributed by atoms with Crippen LogP contribution in [0.1, 0.15) is 74.8 Å². The van der Waals surface area contributed by atoms with E-state index in [0.29, 0.717) is 33.4 Å². The molecule has 8 nitrogen and oxygen atoms in total. The van der Waals surface area contributed by atoms with E-state index >= 15 is 0 Å². The highest BCUT2D eigenvalue weighted by Gasteiger charge is 2.35. The van der Waals surface area contributed by atoms with E-state index in [0.717, 1.165) is 0 Å². The molecule has 8 heteroatoms. The monoisotopic (exact) mass is 510 g/mol. The quantitative estimate of drug-likeness (QED) is 0.356. The molecule has 0 saturated carbocycles. The van der Waals surface area contributed by atoms with Crippen LogP contribution in [0.4, 0.5) is 0 Å². The first-order valence-electron chi connectivity index (χ1n) is 12.2. The first-order chi connectivity index (χ1) is 19.0. The first kappa shape index (κ1) is 22.8. The van der Waals surface area contributed by atoms with E-state index in [4.69, 9.17) is 10.8 Å². The lowest BCUT2D eigenvalue weighted by molar-refractivity contribution is 0.0979. The van der Waals surface area contributed by atoms with Crippen LogP contribution in [-0.2, 0) is 0 Å². The van der Waals surface area contributed by atoms with E-state index in [2.05, 4.69) is 4.99 Å². The molecule has 0 bridgehead atoms. The van der Waals surface area contributed by atoms with Gasteiger partial charge in [0, 0.05) is 55.6 Å². The van der Waals surface area contributed by atoms with Crippen LogP contribution in [0.15, 0.2) is 94.9 Å². The molecular formula is C31H18N4O4. The van der Waals surface area contributed by atoms with Crippen LogP contribution in [0.25, 0.3) is 0 Å². The summed E-state index contributed by atoms with van der Waals surface area (Å²) in [5, 5.41) is 1.29. The van der Waals surface area contributed by atoms with Crippen LogP contribution in [0.5, 0.6) is 0 Å². The third-order valence-electron chi connectivity index (χ3n) is 7.24. The van der Waals surface area contributed by atoms with Crippen molar-refractivity contribution in [3.05, 3.63) is 141 Å². The average Bonchev–Trinajstić information content (AvgIpc) is 2.98. The highest BCUT2D eigenvalue weighted by molar-refractivity contribution is 6.33. The molecule has 0 unspecified atom stereocenters. The topological polar surface area (TPSA) is 122 Å². The Morgan fingerprint density at radius 3 is 1.46 bits per heavy atom. The minimum Gasteiger partial charge on any atom is -0.289 e. The standard InChI is InChI=1S/C31H18N4O4/c32-35-15-33-30(22-13-5-11-20-24(22)28(38)18-9-3-1-7-16(18)26(20)36)34-31(35)23-14-6-12-21-25(23)29(39)19-10-4-2-8-17(19)27(21)37/h1-14H,15,32H2. The molecule has 2 aliphatic carbocycles. The molecule has 0 amide bonds. The normalized spacial score (nSPS) is 15.7. The largest absolute Gasteiger partial charge is 0.289 e. The van der Waals surface area contributed by atoms with Gasteiger partial charge < -0.3 is 0 Å². The number of hydrazine groups is 1. The Hall–Kier alpha value is -5.34. The molecule has 7 rings (SSSR count). The van der Waals surface area contributed by atoms with Crippen LogP contribution in [0, 0.1) is 0 Å². The number of carbonyl (C=O) groups excluding carboxylic acids is 4. The summed E-state index contributed by atoms with van der Waals surface area (Å²) >= 11 is 0. The molecule has 0 saturated heterocycles. The van der Waals surface area contributed by atoms with Crippen LogP contribution < -0.4 is 5.84 Å². The number of aliphatic imine (C=N–C) groups is 2. The van der Waals surface area contributed by atoms with Crippen molar-refractivity contribution >= 4 is 34.8 Å². The molecule has 0 aromatic heterocycles.